The summed E-state index contributed by atoms with van der Waals surface area (Å²) >= 11 is 1.99. The molecule has 2 aliphatic rings. The number of nitrogens with one attached hydrogen (secondary N) is 1. The molecule has 3 N–H and O–H groups in total. The number of nitrogens with two attached hydrogens (primary N) is 1. The van der Waals surface area contributed by atoms with Crippen molar-refractivity contribution in [3.63, 3.8) is 0 Å². The molecule has 1 saturated heterocycles. The Balaban J connectivity index is 2.03. The summed E-state index contributed by atoms with van der Waals surface area (Å²) in [4.78, 5) is 2.36. The van der Waals surface area contributed by atoms with E-state index in [-0.39, 0.29) is 6.04 Å². The van der Waals surface area contributed by atoms with Crippen LogP contribution in [0.5, 0.6) is 0 Å². The second kappa shape index (κ2) is 5.21. The quantitative estimate of drug-likeness (QED) is 0.534. The van der Waals surface area contributed by atoms with Crippen molar-refractivity contribution in [2.24, 2.45) is 5.84 Å². The fourth-order valence-electron chi connectivity index (χ4n) is 2.09. The lowest BCUT2D eigenvalue weighted by Crippen LogP contribution is -2.55. The molecule has 86 valence electrons. The molecule has 2 unspecified atom stereocenters. The number of thioether (sulfide) groups is 1. The van der Waals surface area contributed by atoms with Gasteiger partial charge in [0.05, 0.1) is 12.6 Å². The van der Waals surface area contributed by atoms with Crippen LogP contribution in [0.1, 0.15) is 6.42 Å². The lowest BCUT2D eigenvalue weighted by atomic mass is 10.1. The maximum Gasteiger partial charge on any atom is 0.112 e. The monoisotopic (exact) mass is 229 g/mol. The van der Waals surface area contributed by atoms with E-state index in [2.05, 4.69) is 23.4 Å². The molecule has 2 atom stereocenters. The molecule has 5 heteroatoms. The van der Waals surface area contributed by atoms with Crippen molar-refractivity contribution in [3.05, 3.63) is 11.8 Å². The van der Waals surface area contributed by atoms with Crippen LogP contribution in [0.3, 0.4) is 0 Å². The SMILES string of the molecule is CN1CCSCC1C(NN)C1=CCCO1. The Labute approximate surface area is 95.2 Å². The maximum atomic E-state index is 5.64. The first-order valence-electron chi connectivity index (χ1n) is 5.40. The molecule has 1 fully saturated rings. The smallest absolute Gasteiger partial charge is 0.112 e. The average molecular weight is 229 g/mol. The average Bonchev–Trinajstić information content (AvgIpc) is 2.75. The lowest BCUT2D eigenvalue weighted by molar-refractivity contribution is 0.161. The summed E-state index contributed by atoms with van der Waals surface area (Å²) < 4.78 is 5.59. The molecule has 0 radical (unpaired) electrons. The number of nitrogens with zero attached hydrogens (tertiary/aromatic N) is 1. The zero-order chi connectivity index (χ0) is 10.7. The Kier molecular flexibility index (Phi) is 3.91. The van der Waals surface area contributed by atoms with Gasteiger partial charge < -0.3 is 4.74 Å². The minimum atomic E-state index is 0.144. The highest BCUT2D eigenvalue weighted by Gasteiger charge is 2.31. The van der Waals surface area contributed by atoms with Crippen molar-refractivity contribution in [3.8, 4) is 0 Å². The zero-order valence-corrected chi connectivity index (χ0v) is 9.93. The van der Waals surface area contributed by atoms with E-state index in [1.165, 1.54) is 5.75 Å². The van der Waals surface area contributed by atoms with Crippen LogP contribution < -0.4 is 11.3 Å². The van der Waals surface area contributed by atoms with Crippen molar-refractivity contribution < 1.29 is 4.74 Å². The summed E-state index contributed by atoms with van der Waals surface area (Å²) in [5, 5.41) is 0. The first kappa shape index (κ1) is 11.3. The van der Waals surface area contributed by atoms with Crippen LogP contribution in [0.15, 0.2) is 11.8 Å². The Morgan fingerprint density at radius 3 is 3.20 bits per heavy atom. The Hall–Kier alpha value is -0.230. The summed E-state index contributed by atoms with van der Waals surface area (Å²) in [7, 11) is 2.16. The minimum Gasteiger partial charge on any atom is -0.496 e. The highest BCUT2D eigenvalue weighted by Crippen LogP contribution is 2.23. The van der Waals surface area contributed by atoms with Gasteiger partial charge in [0.1, 0.15) is 5.76 Å². The third kappa shape index (κ3) is 2.47. The highest BCUT2D eigenvalue weighted by molar-refractivity contribution is 7.99. The topological polar surface area (TPSA) is 50.5 Å². The highest BCUT2D eigenvalue weighted by atomic mass is 32.2. The molecule has 0 saturated carbocycles. The van der Waals surface area contributed by atoms with Crippen LogP contribution in [-0.4, -0.2) is 48.7 Å². The Morgan fingerprint density at radius 2 is 2.60 bits per heavy atom. The van der Waals surface area contributed by atoms with Gasteiger partial charge in [0.15, 0.2) is 0 Å². The molecule has 2 heterocycles. The molecule has 0 bridgehead atoms. The van der Waals surface area contributed by atoms with Gasteiger partial charge in [-0.3, -0.25) is 10.7 Å². The van der Waals surface area contributed by atoms with E-state index in [0.717, 1.165) is 31.1 Å². The van der Waals surface area contributed by atoms with Gasteiger partial charge in [-0.25, -0.2) is 5.43 Å². The lowest BCUT2D eigenvalue weighted by Gasteiger charge is -2.37. The van der Waals surface area contributed by atoms with Gasteiger partial charge in [0, 0.05) is 30.5 Å². The number of rotatable bonds is 3. The first-order valence-corrected chi connectivity index (χ1v) is 6.55. The molecule has 0 aromatic carbocycles. The molecule has 4 nitrogen and oxygen atoms in total. The van der Waals surface area contributed by atoms with Gasteiger partial charge >= 0.3 is 0 Å². The fraction of sp³-hybridized carbons (Fsp3) is 0.800. The fourth-order valence-corrected chi connectivity index (χ4v) is 3.37. The van der Waals surface area contributed by atoms with Crippen molar-refractivity contribution in [2.75, 3.05) is 31.7 Å². The Morgan fingerprint density at radius 1 is 1.73 bits per heavy atom. The predicted molar refractivity (Wildman–Crippen MR) is 63.5 cm³/mol. The number of hydrogen-bond donors (Lipinski definition) is 2. The van der Waals surface area contributed by atoms with Gasteiger partial charge in [0.25, 0.3) is 0 Å². The molecule has 2 rings (SSSR count). The summed E-state index contributed by atoms with van der Waals surface area (Å²) in [5.41, 5.74) is 2.90. The number of hydrazine groups is 1. The molecular weight excluding hydrogens is 210 g/mol. The van der Waals surface area contributed by atoms with Gasteiger partial charge in [0.2, 0.25) is 0 Å². The number of ether oxygens (including phenoxy) is 1. The Bertz CT molecular complexity index is 247. The van der Waals surface area contributed by atoms with E-state index in [1.54, 1.807) is 0 Å². The second-order valence-corrected chi connectivity index (χ2v) is 5.16. The van der Waals surface area contributed by atoms with Crippen molar-refractivity contribution in [2.45, 2.75) is 18.5 Å². The molecule has 0 aromatic rings. The van der Waals surface area contributed by atoms with Crippen molar-refractivity contribution in [1.82, 2.24) is 10.3 Å². The molecule has 0 amide bonds. The summed E-state index contributed by atoms with van der Waals surface area (Å²) in [6.07, 6.45) is 3.16. The second-order valence-electron chi connectivity index (χ2n) is 4.01. The van der Waals surface area contributed by atoms with Gasteiger partial charge in [-0.1, -0.05) is 0 Å². The number of likely N-dealkylation sites (N-methyl/N-ethyl adjacent to an activating group) is 1. The normalized spacial score (nSPS) is 29.7. The molecule has 0 aliphatic carbocycles. The van der Waals surface area contributed by atoms with Crippen LogP contribution in [0, 0.1) is 0 Å². The molecule has 0 aromatic heterocycles. The first-order chi connectivity index (χ1) is 7.33. The predicted octanol–water partition coefficient (Wildman–Crippen LogP) is 0.170. The summed E-state index contributed by atoms with van der Waals surface area (Å²) in [6.45, 7) is 1.93. The molecule has 15 heavy (non-hydrogen) atoms. The third-order valence-electron chi connectivity index (χ3n) is 3.05. The van der Waals surface area contributed by atoms with Crippen molar-refractivity contribution >= 4 is 11.8 Å². The maximum absolute atomic E-state index is 5.64. The van der Waals surface area contributed by atoms with Gasteiger partial charge in [-0.15, -0.1) is 0 Å². The van der Waals surface area contributed by atoms with E-state index in [0.29, 0.717) is 6.04 Å². The van der Waals surface area contributed by atoms with Crippen LogP contribution in [-0.2, 0) is 4.74 Å². The van der Waals surface area contributed by atoms with E-state index in [1.807, 2.05) is 11.8 Å². The molecular formula is C10H19N3OS. The van der Waals surface area contributed by atoms with E-state index in [4.69, 9.17) is 10.6 Å². The van der Waals surface area contributed by atoms with Crippen LogP contribution in [0.25, 0.3) is 0 Å². The van der Waals surface area contributed by atoms with Crippen molar-refractivity contribution in [1.29, 1.82) is 0 Å². The largest absolute Gasteiger partial charge is 0.496 e. The standard InChI is InChI=1S/C10H19N3OS/c1-13-4-6-15-7-8(13)10(12-11)9-3-2-5-14-9/h3,8,10,12H,2,4-7,11H2,1H3. The van der Waals surface area contributed by atoms with E-state index in [9.17, 15) is 0 Å². The van der Waals surface area contributed by atoms with Gasteiger partial charge in [-0.2, -0.15) is 11.8 Å². The summed E-state index contributed by atoms with van der Waals surface area (Å²) in [5.74, 6) is 8.99. The third-order valence-corrected chi connectivity index (χ3v) is 4.09. The zero-order valence-electron chi connectivity index (χ0n) is 9.11. The van der Waals surface area contributed by atoms with E-state index >= 15 is 0 Å². The van der Waals surface area contributed by atoms with E-state index < -0.39 is 0 Å². The minimum absolute atomic E-state index is 0.144. The van der Waals surface area contributed by atoms with Gasteiger partial charge in [-0.05, 0) is 13.1 Å². The number of hydrogen-bond acceptors (Lipinski definition) is 5. The summed E-state index contributed by atoms with van der Waals surface area (Å²) in [6, 6.07) is 0.586. The van der Waals surface area contributed by atoms with Crippen LogP contribution in [0.4, 0.5) is 0 Å². The molecule has 0 spiro atoms. The van der Waals surface area contributed by atoms with Crippen LogP contribution >= 0.6 is 11.8 Å². The van der Waals surface area contributed by atoms with Crippen LogP contribution in [0.2, 0.25) is 0 Å². The molecule has 2 aliphatic heterocycles.